The van der Waals surface area contributed by atoms with Gasteiger partial charge in [0.2, 0.25) is 0 Å². The summed E-state index contributed by atoms with van der Waals surface area (Å²) in [5.74, 6) is 2.29. The third kappa shape index (κ3) is 0.744. The lowest BCUT2D eigenvalue weighted by molar-refractivity contribution is -0.0566. The topological polar surface area (TPSA) is 32.3 Å². The lowest BCUT2D eigenvalue weighted by Gasteiger charge is -2.39. The summed E-state index contributed by atoms with van der Waals surface area (Å²) in [5, 5.41) is 13.4. The highest BCUT2D eigenvalue weighted by atomic mass is 16.3. The molecule has 3 aliphatic rings. The van der Waals surface area contributed by atoms with Gasteiger partial charge in [0.25, 0.3) is 0 Å². The number of aliphatic hydroxyl groups is 1. The molecule has 0 amide bonds. The second kappa shape index (κ2) is 1.80. The van der Waals surface area contributed by atoms with Crippen molar-refractivity contribution in [3.63, 3.8) is 0 Å². The first kappa shape index (κ1) is 6.44. The molecule has 4 atom stereocenters. The van der Waals surface area contributed by atoms with Gasteiger partial charge in [-0.2, -0.15) is 0 Å². The van der Waals surface area contributed by atoms with Crippen molar-refractivity contribution in [3.05, 3.63) is 0 Å². The van der Waals surface area contributed by atoms with E-state index in [4.69, 9.17) is 0 Å². The molecule has 0 aromatic carbocycles. The van der Waals surface area contributed by atoms with Gasteiger partial charge in [-0.1, -0.05) is 0 Å². The van der Waals surface area contributed by atoms with Crippen molar-refractivity contribution >= 4 is 0 Å². The van der Waals surface area contributed by atoms with Crippen molar-refractivity contribution in [2.24, 2.45) is 17.8 Å². The molecule has 0 aromatic heterocycles. The molecule has 4 unspecified atom stereocenters. The van der Waals surface area contributed by atoms with E-state index in [0.29, 0.717) is 5.92 Å². The molecule has 1 aliphatic heterocycles. The molecule has 2 saturated carbocycles. The summed E-state index contributed by atoms with van der Waals surface area (Å²) in [7, 11) is 0. The summed E-state index contributed by atoms with van der Waals surface area (Å²) in [5.41, 5.74) is -0.447. The molecule has 1 saturated heterocycles. The largest absolute Gasteiger partial charge is 0.376 e. The third-order valence-corrected chi connectivity index (χ3v) is 3.87. The standard InChI is InChI=1S/C9H15NO/c11-9-4-6-1-7(5-10-9)3-8(9)2-6/h6-8,10-11H,1-5H2. The Hall–Kier alpha value is -0.0800. The zero-order valence-corrected chi connectivity index (χ0v) is 6.71. The van der Waals surface area contributed by atoms with Crippen LogP contribution in [0.5, 0.6) is 0 Å². The summed E-state index contributed by atoms with van der Waals surface area (Å²) in [6, 6.07) is 0. The molecule has 2 aliphatic carbocycles. The Bertz CT molecular complexity index is 192. The molecule has 2 N–H and O–H groups in total. The minimum atomic E-state index is -0.447. The van der Waals surface area contributed by atoms with Crippen LogP contribution in [0.25, 0.3) is 0 Å². The summed E-state index contributed by atoms with van der Waals surface area (Å²) in [6.07, 6.45) is 4.94. The maximum absolute atomic E-state index is 10.1. The van der Waals surface area contributed by atoms with Gasteiger partial charge in [-0.05, 0) is 37.5 Å². The molecule has 2 heteroatoms. The molecule has 3 rings (SSSR count). The van der Waals surface area contributed by atoms with E-state index < -0.39 is 5.72 Å². The summed E-state index contributed by atoms with van der Waals surface area (Å²) >= 11 is 0. The zero-order chi connectivity index (χ0) is 7.47. The van der Waals surface area contributed by atoms with E-state index in [1.807, 2.05) is 0 Å². The maximum Gasteiger partial charge on any atom is 0.119 e. The molecular formula is C9H15NO. The summed E-state index contributed by atoms with van der Waals surface area (Å²) < 4.78 is 0. The van der Waals surface area contributed by atoms with Crippen LogP contribution in [-0.2, 0) is 0 Å². The lowest BCUT2D eigenvalue weighted by atomic mass is 9.78. The van der Waals surface area contributed by atoms with E-state index in [1.54, 1.807) is 0 Å². The highest BCUT2D eigenvalue weighted by Gasteiger charge is 2.53. The first-order valence-electron chi connectivity index (χ1n) is 4.74. The lowest BCUT2D eigenvalue weighted by Crippen LogP contribution is -2.53. The van der Waals surface area contributed by atoms with Crippen molar-refractivity contribution < 1.29 is 5.11 Å². The quantitative estimate of drug-likeness (QED) is 0.537. The molecule has 11 heavy (non-hydrogen) atoms. The van der Waals surface area contributed by atoms with Crippen LogP contribution in [0.4, 0.5) is 0 Å². The van der Waals surface area contributed by atoms with Crippen LogP contribution < -0.4 is 5.32 Å². The Kier molecular flexibility index (Phi) is 1.06. The molecule has 62 valence electrons. The van der Waals surface area contributed by atoms with Crippen molar-refractivity contribution in [2.75, 3.05) is 6.54 Å². The Morgan fingerprint density at radius 3 is 2.91 bits per heavy atom. The highest BCUT2D eigenvalue weighted by Crippen LogP contribution is 2.51. The fourth-order valence-corrected chi connectivity index (χ4v) is 3.43. The minimum Gasteiger partial charge on any atom is -0.376 e. The van der Waals surface area contributed by atoms with Gasteiger partial charge in [0, 0.05) is 12.5 Å². The van der Waals surface area contributed by atoms with Crippen LogP contribution in [0.1, 0.15) is 25.7 Å². The average molecular weight is 153 g/mol. The van der Waals surface area contributed by atoms with Gasteiger partial charge in [-0.25, -0.2) is 0 Å². The Labute approximate surface area is 67.0 Å². The first-order valence-corrected chi connectivity index (χ1v) is 4.74. The van der Waals surface area contributed by atoms with Crippen molar-refractivity contribution in [1.82, 2.24) is 5.32 Å². The molecule has 0 aromatic rings. The summed E-state index contributed by atoms with van der Waals surface area (Å²) in [6.45, 7) is 1.06. The Balaban J connectivity index is 1.99. The van der Waals surface area contributed by atoms with Crippen LogP contribution in [0.15, 0.2) is 0 Å². The number of hydrogen-bond acceptors (Lipinski definition) is 2. The maximum atomic E-state index is 10.1. The number of fused-ring (bicyclic) bond motifs is 2. The smallest absolute Gasteiger partial charge is 0.119 e. The molecule has 1 heterocycles. The van der Waals surface area contributed by atoms with Crippen molar-refractivity contribution in [2.45, 2.75) is 31.4 Å². The average Bonchev–Trinajstić information content (AvgIpc) is 2.11. The van der Waals surface area contributed by atoms with Crippen LogP contribution in [0, 0.1) is 17.8 Å². The molecule has 2 nitrogen and oxygen atoms in total. The predicted octanol–water partition coefficient (Wildman–Crippen LogP) is 0.714. The van der Waals surface area contributed by atoms with Gasteiger partial charge in [0.15, 0.2) is 0 Å². The number of rotatable bonds is 0. The Morgan fingerprint density at radius 1 is 1.18 bits per heavy atom. The second-order valence-electron chi connectivity index (χ2n) is 4.65. The second-order valence-corrected chi connectivity index (χ2v) is 4.65. The van der Waals surface area contributed by atoms with E-state index in [1.165, 1.54) is 19.3 Å². The zero-order valence-electron chi connectivity index (χ0n) is 6.71. The summed E-state index contributed by atoms with van der Waals surface area (Å²) in [4.78, 5) is 0. The van der Waals surface area contributed by atoms with Crippen LogP contribution in [-0.4, -0.2) is 17.4 Å². The van der Waals surface area contributed by atoms with E-state index in [-0.39, 0.29) is 0 Å². The predicted molar refractivity (Wildman–Crippen MR) is 41.9 cm³/mol. The van der Waals surface area contributed by atoms with Gasteiger partial charge in [0.05, 0.1) is 0 Å². The minimum absolute atomic E-state index is 0.447. The van der Waals surface area contributed by atoms with E-state index in [2.05, 4.69) is 5.32 Å². The van der Waals surface area contributed by atoms with Crippen molar-refractivity contribution in [1.29, 1.82) is 0 Å². The fourth-order valence-electron chi connectivity index (χ4n) is 3.43. The Morgan fingerprint density at radius 2 is 2.00 bits per heavy atom. The van der Waals surface area contributed by atoms with E-state index >= 15 is 0 Å². The number of piperidine rings is 1. The van der Waals surface area contributed by atoms with Gasteiger partial charge >= 0.3 is 0 Å². The SMILES string of the molecule is OC12CC3CC(CN1)CC2C3. The monoisotopic (exact) mass is 153 g/mol. The molecule has 0 spiro atoms. The normalized spacial score (nSPS) is 60.3. The molecule has 3 fully saturated rings. The van der Waals surface area contributed by atoms with E-state index in [9.17, 15) is 5.11 Å². The first-order chi connectivity index (χ1) is 5.26. The van der Waals surface area contributed by atoms with Crippen LogP contribution >= 0.6 is 0 Å². The van der Waals surface area contributed by atoms with E-state index in [0.717, 1.165) is 24.8 Å². The van der Waals surface area contributed by atoms with Gasteiger partial charge in [-0.3, -0.25) is 5.32 Å². The molecule has 0 radical (unpaired) electrons. The van der Waals surface area contributed by atoms with Gasteiger partial charge < -0.3 is 5.11 Å². The van der Waals surface area contributed by atoms with Gasteiger partial charge in [0.1, 0.15) is 5.72 Å². The van der Waals surface area contributed by atoms with Crippen LogP contribution in [0.2, 0.25) is 0 Å². The fraction of sp³-hybridized carbons (Fsp3) is 1.00. The molecule has 3 bridgehead atoms. The number of hydrogen-bond donors (Lipinski definition) is 2. The third-order valence-electron chi connectivity index (χ3n) is 3.87. The highest BCUT2D eigenvalue weighted by molar-refractivity contribution is 5.03. The van der Waals surface area contributed by atoms with Crippen molar-refractivity contribution in [3.8, 4) is 0 Å². The van der Waals surface area contributed by atoms with Crippen LogP contribution in [0.3, 0.4) is 0 Å². The molecular weight excluding hydrogens is 138 g/mol. The van der Waals surface area contributed by atoms with Gasteiger partial charge in [-0.15, -0.1) is 0 Å². The number of nitrogens with one attached hydrogen (secondary N) is 1.